The standard InChI is InChI=1S/C32H50O/c1-23(2)14-11-10-12-15-24(3)16-13-17-25(4)20-26(5)22-32(9)19-18-30-29(8)27(6)21-28(7)31(30)33-32/h14,16,20-21,26H,10-13,15,17-19,22H2,1-9H3/b24-16+,25-20+. The summed E-state index contributed by atoms with van der Waals surface area (Å²) in [6.07, 6.45) is 18.0. The highest BCUT2D eigenvalue weighted by atomic mass is 16.5. The molecule has 0 amide bonds. The molecule has 2 atom stereocenters. The number of allylic oxidation sites excluding steroid dienone is 6. The van der Waals surface area contributed by atoms with Crippen LogP contribution in [0.5, 0.6) is 5.75 Å². The molecule has 0 N–H and O–H groups in total. The van der Waals surface area contributed by atoms with Crippen LogP contribution in [0.4, 0.5) is 0 Å². The fourth-order valence-electron chi connectivity index (χ4n) is 5.31. The first-order valence-electron chi connectivity index (χ1n) is 13.3. The largest absolute Gasteiger partial charge is 0.487 e. The molecular formula is C32H50O. The summed E-state index contributed by atoms with van der Waals surface area (Å²) < 4.78 is 6.68. The van der Waals surface area contributed by atoms with E-state index in [-0.39, 0.29) is 5.60 Å². The van der Waals surface area contributed by atoms with Crippen molar-refractivity contribution in [2.45, 2.75) is 126 Å². The molecule has 0 saturated heterocycles. The lowest BCUT2D eigenvalue weighted by molar-refractivity contribution is 0.0461. The highest BCUT2D eigenvalue weighted by Gasteiger charge is 2.34. The first-order valence-corrected chi connectivity index (χ1v) is 13.3. The molecule has 33 heavy (non-hydrogen) atoms. The van der Waals surface area contributed by atoms with Crippen LogP contribution in [0.15, 0.2) is 41.0 Å². The average Bonchev–Trinajstić information content (AvgIpc) is 2.71. The highest BCUT2D eigenvalue weighted by Crippen LogP contribution is 2.41. The van der Waals surface area contributed by atoms with Gasteiger partial charge in [0.15, 0.2) is 0 Å². The van der Waals surface area contributed by atoms with Crippen LogP contribution < -0.4 is 4.74 Å². The molecule has 2 rings (SSSR count). The summed E-state index contributed by atoms with van der Waals surface area (Å²) in [6, 6.07) is 2.28. The van der Waals surface area contributed by atoms with E-state index in [2.05, 4.69) is 86.6 Å². The Morgan fingerprint density at radius 3 is 2.39 bits per heavy atom. The van der Waals surface area contributed by atoms with Crippen LogP contribution in [0.3, 0.4) is 0 Å². The Hall–Kier alpha value is -1.76. The Kier molecular flexibility index (Phi) is 10.5. The van der Waals surface area contributed by atoms with Crippen molar-refractivity contribution < 1.29 is 4.74 Å². The minimum atomic E-state index is -0.0718. The van der Waals surface area contributed by atoms with E-state index in [1.54, 1.807) is 5.57 Å². The van der Waals surface area contributed by atoms with Gasteiger partial charge in [-0.05, 0) is 141 Å². The molecule has 0 aliphatic carbocycles. The lowest BCUT2D eigenvalue weighted by Gasteiger charge is -2.39. The van der Waals surface area contributed by atoms with Crippen molar-refractivity contribution in [3.8, 4) is 5.75 Å². The molecule has 1 aliphatic rings. The maximum Gasteiger partial charge on any atom is 0.126 e. The van der Waals surface area contributed by atoms with E-state index in [1.165, 1.54) is 59.1 Å². The van der Waals surface area contributed by atoms with E-state index < -0.39 is 0 Å². The maximum absolute atomic E-state index is 6.68. The first kappa shape index (κ1) is 27.5. The predicted molar refractivity (Wildman–Crippen MR) is 146 cm³/mol. The van der Waals surface area contributed by atoms with Crippen LogP contribution in [-0.4, -0.2) is 5.60 Å². The van der Waals surface area contributed by atoms with Gasteiger partial charge in [-0.1, -0.05) is 47.9 Å². The molecule has 0 radical (unpaired) electrons. The van der Waals surface area contributed by atoms with Gasteiger partial charge >= 0.3 is 0 Å². The number of hydrogen-bond donors (Lipinski definition) is 0. The summed E-state index contributed by atoms with van der Waals surface area (Å²) in [4.78, 5) is 0. The number of unbranched alkanes of at least 4 members (excludes halogenated alkanes) is 2. The predicted octanol–water partition coefficient (Wildman–Crippen LogP) is 9.92. The van der Waals surface area contributed by atoms with Crippen LogP contribution in [0.2, 0.25) is 0 Å². The van der Waals surface area contributed by atoms with Crippen LogP contribution in [0.1, 0.15) is 115 Å². The summed E-state index contributed by atoms with van der Waals surface area (Å²) in [5.74, 6) is 1.68. The van der Waals surface area contributed by atoms with Crippen LogP contribution in [0.25, 0.3) is 0 Å². The van der Waals surface area contributed by atoms with E-state index >= 15 is 0 Å². The first-order chi connectivity index (χ1) is 15.5. The number of ether oxygens (including phenoxy) is 1. The van der Waals surface area contributed by atoms with Crippen molar-refractivity contribution in [2.75, 3.05) is 0 Å². The van der Waals surface area contributed by atoms with Gasteiger partial charge in [-0.15, -0.1) is 0 Å². The third kappa shape index (κ3) is 8.84. The lowest BCUT2D eigenvalue weighted by Crippen LogP contribution is -2.38. The molecule has 1 heterocycles. The molecule has 0 aromatic heterocycles. The molecule has 1 aromatic carbocycles. The van der Waals surface area contributed by atoms with Crippen LogP contribution >= 0.6 is 0 Å². The van der Waals surface area contributed by atoms with E-state index in [4.69, 9.17) is 4.74 Å². The van der Waals surface area contributed by atoms with Crippen LogP contribution in [0, 0.1) is 26.7 Å². The summed E-state index contributed by atoms with van der Waals surface area (Å²) in [5.41, 5.74) is 9.95. The third-order valence-electron chi connectivity index (χ3n) is 7.29. The molecule has 0 spiro atoms. The average molecular weight is 451 g/mol. The third-order valence-corrected chi connectivity index (χ3v) is 7.29. The molecule has 1 heteroatoms. The summed E-state index contributed by atoms with van der Waals surface area (Å²) in [6.45, 7) is 20.3. The molecule has 184 valence electrons. The normalized spacial score (nSPS) is 19.7. The number of aryl methyl sites for hydroxylation is 2. The Balaban J connectivity index is 1.83. The second kappa shape index (κ2) is 12.6. The fraction of sp³-hybridized carbons (Fsp3) is 0.625. The van der Waals surface area contributed by atoms with E-state index in [0.29, 0.717) is 5.92 Å². The smallest absolute Gasteiger partial charge is 0.126 e. The summed E-state index contributed by atoms with van der Waals surface area (Å²) in [5, 5.41) is 0. The number of benzene rings is 1. The summed E-state index contributed by atoms with van der Waals surface area (Å²) in [7, 11) is 0. The zero-order chi connectivity index (χ0) is 24.6. The topological polar surface area (TPSA) is 9.23 Å². The summed E-state index contributed by atoms with van der Waals surface area (Å²) >= 11 is 0. The second-order valence-corrected chi connectivity index (χ2v) is 11.3. The van der Waals surface area contributed by atoms with Crippen molar-refractivity contribution in [3.05, 3.63) is 63.3 Å². The van der Waals surface area contributed by atoms with Gasteiger partial charge in [-0.2, -0.15) is 0 Å². The van der Waals surface area contributed by atoms with E-state index in [0.717, 1.165) is 37.9 Å². The Bertz CT molecular complexity index is 878. The molecule has 1 aromatic rings. The molecule has 0 bridgehead atoms. The van der Waals surface area contributed by atoms with Crippen molar-refractivity contribution in [1.82, 2.24) is 0 Å². The van der Waals surface area contributed by atoms with Crippen LogP contribution in [-0.2, 0) is 6.42 Å². The quantitative estimate of drug-likeness (QED) is 0.241. The van der Waals surface area contributed by atoms with Gasteiger partial charge in [0, 0.05) is 0 Å². The lowest BCUT2D eigenvalue weighted by atomic mass is 9.82. The van der Waals surface area contributed by atoms with Crippen molar-refractivity contribution in [1.29, 1.82) is 0 Å². The molecular weight excluding hydrogens is 400 g/mol. The Morgan fingerprint density at radius 2 is 1.70 bits per heavy atom. The minimum Gasteiger partial charge on any atom is -0.487 e. The number of rotatable bonds is 11. The highest BCUT2D eigenvalue weighted by molar-refractivity contribution is 5.50. The molecule has 0 saturated carbocycles. The van der Waals surface area contributed by atoms with Gasteiger partial charge in [-0.3, -0.25) is 0 Å². The van der Waals surface area contributed by atoms with Gasteiger partial charge in [0.2, 0.25) is 0 Å². The van der Waals surface area contributed by atoms with Gasteiger partial charge < -0.3 is 4.74 Å². The Morgan fingerprint density at radius 1 is 0.970 bits per heavy atom. The minimum absolute atomic E-state index is 0.0718. The number of fused-ring (bicyclic) bond motifs is 1. The van der Waals surface area contributed by atoms with Crippen molar-refractivity contribution in [3.63, 3.8) is 0 Å². The van der Waals surface area contributed by atoms with Gasteiger partial charge in [-0.25, -0.2) is 0 Å². The zero-order valence-corrected chi connectivity index (χ0v) is 23.2. The monoisotopic (exact) mass is 450 g/mol. The van der Waals surface area contributed by atoms with Gasteiger partial charge in [0.25, 0.3) is 0 Å². The van der Waals surface area contributed by atoms with E-state index in [9.17, 15) is 0 Å². The van der Waals surface area contributed by atoms with Crippen molar-refractivity contribution >= 4 is 0 Å². The second-order valence-electron chi connectivity index (χ2n) is 11.3. The maximum atomic E-state index is 6.68. The fourth-order valence-corrected chi connectivity index (χ4v) is 5.31. The zero-order valence-electron chi connectivity index (χ0n) is 23.2. The molecule has 0 fully saturated rings. The number of hydrogen-bond acceptors (Lipinski definition) is 1. The Labute approximate surface area is 205 Å². The van der Waals surface area contributed by atoms with Gasteiger partial charge in [0.1, 0.15) is 11.4 Å². The molecule has 1 aliphatic heterocycles. The molecule has 1 nitrogen and oxygen atoms in total. The van der Waals surface area contributed by atoms with E-state index in [1.807, 2.05) is 0 Å². The molecule has 2 unspecified atom stereocenters. The van der Waals surface area contributed by atoms with Crippen molar-refractivity contribution in [2.24, 2.45) is 5.92 Å². The SMILES string of the molecule is CC(C)=CCCCC/C(C)=C/CC/C(C)=C/C(C)CC1(C)CCc2c(C)c(C)cc(C)c2O1. The van der Waals surface area contributed by atoms with Gasteiger partial charge in [0.05, 0.1) is 0 Å².